The molecule has 0 saturated carbocycles. The summed E-state index contributed by atoms with van der Waals surface area (Å²) in [6.45, 7) is 2.61. The Morgan fingerprint density at radius 1 is 0.903 bits per heavy atom. The van der Waals surface area contributed by atoms with Crippen molar-refractivity contribution in [2.75, 3.05) is 13.2 Å². The van der Waals surface area contributed by atoms with Gasteiger partial charge in [-0.3, -0.25) is 0 Å². The first kappa shape index (κ1) is 23.3. The Balaban J connectivity index is 1.78. The number of hydrogen-bond donors (Lipinski definition) is 0. The van der Waals surface area contributed by atoms with Gasteiger partial charge in [-0.2, -0.15) is 8.78 Å². The highest BCUT2D eigenvalue weighted by molar-refractivity contribution is 5.32. The Labute approximate surface area is 173 Å². The number of alkyl halides is 2. The van der Waals surface area contributed by atoms with E-state index >= 15 is 0 Å². The number of ether oxygens (including phenoxy) is 3. The lowest BCUT2D eigenvalue weighted by atomic mass is 10.0. The summed E-state index contributed by atoms with van der Waals surface area (Å²) in [5, 5.41) is 0. The summed E-state index contributed by atoms with van der Waals surface area (Å²) in [5.41, 5.74) is -1.93. The first-order valence-electron chi connectivity index (χ1n) is 9.56. The van der Waals surface area contributed by atoms with Crippen LogP contribution in [0.15, 0.2) is 24.3 Å². The van der Waals surface area contributed by atoms with Crippen LogP contribution < -0.4 is 4.74 Å². The van der Waals surface area contributed by atoms with Gasteiger partial charge in [-0.1, -0.05) is 19.8 Å². The van der Waals surface area contributed by atoms with Gasteiger partial charge in [0.2, 0.25) is 0 Å². The van der Waals surface area contributed by atoms with Gasteiger partial charge in [-0.25, -0.2) is 22.0 Å². The summed E-state index contributed by atoms with van der Waals surface area (Å²) in [6.07, 6.45) is -2.96. The molecule has 0 amide bonds. The highest BCUT2D eigenvalue weighted by atomic mass is 19.3. The molecular weight excluding hydrogens is 433 g/mol. The van der Waals surface area contributed by atoms with E-state index in [2.05, 4.69) is 4.74 Å². The Hall–Kier alpha value is -2.33. The molecule has 0 aliphatic carbocycles. The van der Waals surface area contributed by atoms with Gasteiger partial charge in [0.05, 0.1) is 13.2 Å². The molecule has 0 spiro atoms. The minimum absolute atomic E-state index is 0.124. The second-order valence-corrected chi connectivity index (χ2v) is 7.19. The Bertz CT molecular complexity index is 881. The molecule has 2 aromatic rings. The lowest BCUT2D eigenvalue weighted by Gasteiger charge is -2.30. The summed E-state index contributed by atoms with van der Waals surface area (Å²) in [5.74, 6) is -9.88. The van der Waals surface area contributed by atoms with Crippen LogP contribution >= 0.6 is 0 Å². The highest BCUT2D eigenvalue weighted by Crippen LogP contribution is 2.38. The molecule has 1 aliphatic heterocycles. The maximum atomic E-state index is 14.4. The number of halogens is 7. The Morgan fingerprint density at radius 2 is 1.45 bits per heavy atom. The van der Waals surface area contributed by atoms with Crippen molar-refractivity contribution in [1.29, 1.82) is 0 Å². The van der Waals surface area contributed by atoms with Crippen LogP contribution in [0.25, 0.3) is 0 Å². The van der Waals surface area contributed by atoms with Crippen molar-refractivity contribution in [3.63, 3.8) is 0 Å². The molecule has 2 aromatic carbocycles. The molecule has 0 radical (unpaired) electrons. The SMILES string of the molecule is CCCCC1COC(c2cc(F)c(C(F)(F)Oc3cc(F)c(F)c(F)c3)c(F)c2)OC1. The molecular formula is C21H19F7O3. The molecule has 1 heterocycles. The predicted molar refractivity (Wildman–Crippen MR) is 94.9 cm³/mol. The smallest absolute Gasteiger partial charge is 0.429 e. The topological polar surface area (TPSA) is 27.7 Å². The number of hydrogen-bond acceptors (Lipinski definition) is 3. The van der Waals surface area contributed by atoms with Crippen LogP contribution in [0.3, 0.4) is 0 Å². The average molecular weight is 452 g/mol. The van der Waals surface area contributed by atoms with E-state index in [4.69, 9.17) is 9.47 Å². The third-order valence-electron chi connectivity index (χ3n) is 4.76. The molecule has 10 heteroatoms. The molecule has 0 N–H and O–H groups in total. The third kappa shape index (κ3) is 5.30. The van der Waals surface area contributed by atoms with Crippen LogP contribution in [-0.2, 0) is 15.6 Å². The molecule has 0 atom stereocenters. The molecule has 1 saturated heterocycles. The highest BCUT2D eigenvalue weighted by Gasteiger charge is 2.42. The van der Waals surface area contributed by atoms with Crippen LogP contribution in [0.2, 0.25) is 0 Å². The zero-order chi connectivity index (χ0) is 22.8. The van der Waals surface area contributed by atoms with Crippen molar-refractivity contribution in [2.24, 2.45) is 5.92 Å². The third-order valence-corrected chi connectivity index (χ3v) is 4.76. The van der Waals surface area contributed by atoms with E-state index in [0.29, 0.717) is 12.1 Å². The van der Waals surface area contributed by atoms with E-state index in [9.17, 15) is 30.7 Å². The standard InChI is InChI=1S/C21H19F7O3/c1-2-3-4-11-9-29-20(30-10-11)12-5-14(22)18(15(23)6-12)21(27,28)31-13-7-16(24)19(26)17(25)8-13/h5-8,11,20H,2-4,9-10H2,1H3. The number of rotatable bonds is 7. The van der Waals surface area contributed by atoms with E-state index in [-0.39, 0.29) is 36.8 Å². The van der Waals surface area contributed by atoms with Crippen molar-refractivity contribution in [2.45, 2.75) is 38.6 Å². The molecule has 3 rings (SSSR count). The van der Waals surface area contributed by atoms with Gasteiger partial charge >= 0.3 is 6.11 Å². The number of benzene rings is 2. The molecule has 0 bridgehead atoms. The predicted octanol–water partition coefficient (Wildman–Crippen LogP) is 6.36. The van der Waals surface area contributed by atoms with Gasteiger partial charge in [0, 0.05) is 23.6 Å². The zero-order valence-electron chi connectivity index (χ0n) is 16.4. The van der Waals surface area contributed by atoms with Crippen molar-refractivity contribution in [3.05, 3.63) is 64.5 Å². The van der Waals surface area contributed by atoms with Gasteiger partial charge in [-0.15, -0.1) is 0 Å². The first-order chi connectivity index (χ1) is 14.6. The van der Waals surface area contributed by atoms with E-state index < -0.39 is 52.8 Å². The summed E-state index contributed by atoms with van der Waals surface area (Å²) in [7, 11) is 0. The quantitative estimate of drug-likeness (QED) is 0.361. The second kappa shape index (κ2) is 9.44. The van der Waals surface area contributed by atoms with Gasteiger partial charge in [0.1, 0.15) is 22.9 Å². The van der Waals surface area contributed by atoms with E-state index in [1.165, 1.54) is 0 Å². The fourth-order valence-electron chi connectivity index (χ4n) is 3.19. The van der Waals surface area contributed by atoms with Crippen molar-refractivity contribution < 1.29 is 44.9 Å². The fraction of sp³-hybridized carbons (Fsp3) is 0.429. The van der Waals surface area contributed by atoms with Gasteiger partial charge in [0.15, 0.2) is 23.7 Å². The fourth-order valence-corrected chi connectivity index (χ4v) is 3.19. The van der Waals surface area contributed by atoms with E-state index in [0.717, 1.165) is 19.3 Å². The summed E-state index contributed by atoms with van der Waals surface area (Å²) in [4.78, 5) is 0. The van der Waals surface area contributed by atoms with E-state index in [1.807, 2.05) is 6.92 Å². The zero-order valence-corrected chi connectivity index (χ0v) is 16.4. The first-order valence-corrected chi connectivity index (χ1v) is 9.56. The maximum Gasteiger partial charge on any atom is 0.432 e. The average Bonchev–Trinajstić information content (AvgIpc) is 2.69. The monoisotopic (exact) mass is 452 g/mol. The lowest BCUT2D eigenvalue weighted by molar-refractivity contribution is -0.206. The molecule has 0 unspecified atom stereocenters. The maximum absolute atomic E-state index is 14.4. The van der Waals surface area contributed by atoms with Crippen molar-refractivity contribution in [1.82, 2.24) is 0 Å². The van der Waals surface area contributed by atoms with Crippen molar-refractivity contribution in [3.8, 4) is 5.75 Å². The lowest BCUT2D eigenvalue weighted by Crippen LogP contribution is -2.28. The minimum atomic E-state index is -4.65. The second-order valence-electron chi connectivity index (χ2n) is 7.19. The van der Waals surface area contributed by atoms with Crippen LogP contribution in [0, 0.1) is 35.0 Å². The Morgan fingerprint density at radius 3 is 1.97 bits per heavy atom. The Kier molecular flexibility index (Phi) is 7.10. The molecule has 3 nitrogen and oxygen atoms in total. The largest absolute Gasteiger partial charge is 0.432 e. The summed E-state index contributed by atoms with van der Waals surface area (Å²) >= 11 is 0. The molecule has 1 aliphatic rings. The van der Waals surface area contributed by atoms with Crippen LogP contribution in [0.1, 0.15) is 43.6 Å². The molecule has 1 fully saturated rings. The van der Waals surface area contributed by atoms with Crippen molar-refractivity contribution >= 4 is 0 Å². The van der Waals surface area contributed by atoms with E-state index in [1.54, 1.807) is 0 Å². The van der Waals surface area contributed by atoms with Gasteiger partial charge in [-0.05, 0) is 18.6 Å². The number of unbranched alkanes of at least 4 members (excludes halogenated alkanes) is 1. The molecule has 31 heavy (non-hydrogen) atoms. The van der Waals surface area contributed by atoms with Crippen LogP contribution in [-0.4, -0.2) is 13.2 Å². The van der Waals surface area contributed by atoms with Gasteiger partial charge in [0.25, 0.3) is 0 Å². The summed E-state index contributed by atoms with van der Waals surface area (Å²) in [6, 6.07) is 1.49. The van der Waals surface area contributed by atoms with Gasteiger partial charge < -0.3 is 14.2 Å². The normalized spacial score (nSPS) is 19.5. The van der Waals surface area contributed by atoms with Crippen LogP contribution in [0.4, 0.5) is 30.7 Å². The molecule has 170 valence electrons. The van der Waals surface area contributed by atoms with Crippen LogP contribution in [0.5, 0.6) is 5.75 Å². The molecule has 0 aromatic heterocycles. The summed E-state index contributed by atoms with van der Waals surface area (Å²) < 4.78 is 112. The minimum Gasteiger partial charge on any atom is -0.429 e.